The van der Waals surface area contributed by atoms with Crippen LogP contribution in [0.2, 0.25) is 0 Å². The van der Waals surface area contributed by atoms with Gasteiger partial charge in [-0.15, -0.1) is 0 Å². The van der Waals surface area contributed by atoms with Gasteiger partial charge in [-0.2, -0.15) is 0 Å². The highest BCUT2D eigenvalue weighted by atomic mass is 16.5. The molecule has 3 atom stereocenters. The van der Waals surface area contributed by atoms with Crippen LogP contribution in [0.5, 0.6) is 0 Å². The van der Waals surface area contributed by atoms with Gasteiger partial charge in [-0.25, -0.2) is 0 Å². The molecule has 2 aliphatic rings. The van der Waals surface area contributed by atoms with E-state index < -0.39 is 0 Å². The van der Waals surface area contributed by atoms with Crippen molar-refractivity contribution in [2.24, 2.45) is 5.92 Å². The van der Waals surface area contributed by atoms with E-state index in [9.17, 15) is 0 Å². The van der Waals surface area contributed by atoms with Crippen LogP contribution in [-0.4, -0.2) is 12.2 Å². The first-order valence-corrected chi connectivity index (χ1v) is 4.55. The van der Waals surface area contributed by atoms with E-state index >= 15 is 0 Å². The molecule has 0 radical (unpaired) electrons. The minimum atomic E-state index is 0.654. The minimum absolute atomic E-state index is 0.654. The molecule has 0 N–H and O–H groups in total. The van der Waals surface area contributed by atoms with E-state index in [1.165, 1.54) is 32.1 Å². The largest absolute Gasteiger partial charge is 0.375 e. The molecule has 0 aromatic carbocycles. The number of hydrogen-bond donors (Lipinski definition) is 0. The molecule has 2 bridgehead atoms. The highest BCUT2D eigenvalue weighted by molar-refractivity contribution is 4.88. The van der Waals surface area contributed by atoms with Crippen LogP contribution in [0.1, 0.15) is 39.0 Å². The van der Waals surface area contributed by atoms with Gasteiger partial charge in [0, 0.05) is 0 Å². The zero-order chi connectivity index (χ0) is 6.97. The molecule has 0 spiro atoms. The number of rotatable bonds is 2. The van der Waals surface area contributed by atoms with Gasteiger partial charge in [-0.05, 0) is 31.6 Å². The van der Waals surface area contributed by atoms with E-state index in [0.29, 0.717) is 12.2 Å². The fraction of sp³-hybridized carbons (Fsp3) is 1.00. The second-order valence-electron chi connectivity index (χ2n) is 3.66. The van der Waals surface area contributed by atoms with E-state index in [1.54, 1.807) is 0 Å². The number of fused-ring (bicyclic) bond motifs is 2. The van der Waals surface area contributed by atoms with Crippen molar-refractivity contribution in [2.45, 2.75) is 51.2 Å². The average Bonchev–Trinajstić information content (AvgIpc) is 2.48. The van der Waals surface area contributed by atoms with E-state index in [1.807, 2.05) is 0 Å². The maximum atomic E-state index is 5.74. The second-order valence-corrected chi connectivity index (χ2v) is 3.66. The predicted octanol–water partition coefficient (Wildman–Crippen LogP) is 2.35. The molecule has 0 aromatic rings. The molecule has 1 heteroatoms. The van der Waals surface area contributed by atoms with Crippen molar-refractivity contribution in [2.75, 3.05) is 0 Å². The third-order valence-electron chi connectivity index (χ3n) is 2.89. The highest BCUT2D eigenvalue weighted by Gasteiger charge is 2.39. The Hall–Kier alpha value is -0.0400. The maximum Gasteiger partial charge on any atom is 0.0609 e. The maximum absolute atomic E-state index is 5.74. The zero-order valence-corrected chi connectivity index (χ0v) is 6.68. The van der Waals surface area contributed by atoms with Crippen LogP contribution in [0.3, 0.4) is 0 Å². The van der Waals surface area contributed by atoms with Crippen LogP contribution in [0.4, 0.5) is 0 Å². The van der Waals surface area contributed by atoms with Crippen molar-refractivity contribution < 1.29 is 4.74 Å². The Morgan fingerprint density at radius 3 is 2.80 bits per heavy atom. The molecule has 58 valence electrons. The quantitative estimate of drug-likeness (QED) is 0.572. The molecule has 0 amide bonds. The third kappa shape index (κ3) is 0.968. The summed E-state index contributed by atoms with van der Waals surface area (Å²) in [7, 11) is 0. The zero-order valence-electron chi connectivity index (χ0n) is 6.68. The van der Waals surface area contributed by atoms with Crippen LogP contribution >= 0.6 is 0 Å². The van der Waals surface area contributed by atoms with Crippen molar-refractivity contribution in [3.63, 3.8) is 0 Å². The monoisotopic (exact) mass is 140 g/mol. The summed E-state index contributed by atoms with van der Waals surface area (Å²) >= 11 is 0. The Labute approximate surface area is 62.8 Å². The normalized spacial score (nSPS) is 44.7. The van der Waals surface area contributed by atoms with Gasteiger partial charge in [-0.3, -0.25) is 0 Å². The second kappa shape index (κ2) is 2.54. The summed E-state index contributed by atoms with van der Waals surface area (Å²) in [6.45, 7) is 2.27. The molecule has 2 rings (SSSR count). The molecule has 1 nitrogen and oxygen atoms in total. The SMILES string of the molecule is CCC[C@@H]1CC2CCC1O2. The van der Waals surface area contributed by atoms with Crippen molar-refractivity contribution in [3.05, 3.63) is 0 Å². The first-order chi connectivity index (χ1) is 4.90. The Bertz CT molecular complexity index is 122. The summed E-state index contributed by atoms with van der Waals surface area (Å²) in [6.07, 6.45) is 8.07. The summed E-state index contributed by atoms with van der Waals surface area (Å²) in [6, 6.07) is 0. The van der Waals surface area contributed by atoms with Gasteiger partial charge in [0.15, 0.2) is 0 Å². The lowest BCUT2D eigenvalue weighted by Gasteiger charge is -2.16. The van der Waals surface area contributed by atoms with Gasteiger partial charge in [0.1, 0.15) is 0 Å². The summed E-state index contributed by atoms with van der Waals surface area (Å²) in [5, 5.41) is 0. The van der Waals surface area contributed by atoms with Crippen molar-refractivity contribution in [3.8, 4) is 0 Å². The molecule has 0 aliphatic carbocycles. The van der Waals surface area contributed by atoms with E-state index in [0.717, 1.165) is 5.92 Å². The van der Waals surface area contributed by atoms with Crippen LogP contribution in [0.25, 0.3) is 0 Å². The van der Waals surface area contributed by atoms with Gasteiger partial charge in [0.2, 0.25) is 0 Å². The first-order valence-electron chi connectivity index (χ1n) is 4.55. The average molecular weight is 140 g/mol. The van der Waals surface area contributed by atoms with Gasteiger partial charge < -0.3 is 4.74 Å². The molecule has 2 saturated heterocycles. The van der Waals surface area contributed by atoms with Crippen molar-refractivity contribution in [1.29, 1.82) is 0 Å². The lowest BCUT2D eigenvalue weighted by atomic mass is 9.86. The minimum Gasteiger partial charge on any atom is -0.375 e. The Morgan fingerprint density at radius 2 is 2.30 bits per heavy atom. The molecule has 0 saturated carbocycles. The lowest BCUT2D eigenvalue weighted by Crippen LogP contribution is -2.15. The van der Waals surface area contributed by atoms with Gasteiger partial charge >= 0.3 is 0 Å². The number of hydrogen-bond acceptors (Lipinski definition) is 1. The molecule has 2 fully saturated rings. The van der Waals surface area contributed by atoms with Crippen molar-refractivity contribution >= 4 is 0 Å². The smallest absolute Gasteiger partial charge is 0.0609 e. The van der Waals surface area contributed by atoms with Crippen LogP contribution in [-0.2, 0) is 4.74 Å². The topological polar surface area (TPSA) is 9.23 Å². The van der Waals surface area contributed by atoms with E-state index in [2.05, 4.69) is 6.92 Å². The molecular formula is C9H16O. The Kier molecular flexibility index (Phi) is 1.69. The summed E-state index contributed by atoms with van der Waals surface area (Å²) in [5.41, 5.74) is 0. The fourth-order valence-electron chi connectivity index (χ4n) is 2.42. The summed E-state index contributed by atoms with van der Waals surface area (Å²) < 4.78 is 5.74. The van der Waals surface area contributed by atoms with Crippen LogP contribution in [0, 0.1) is 5.92 Å². The lowest BCUT2D eigenvalue weighted by molar-refractivity contribution is 0.0912. The highest BCUT2D eigenvalue weighted by Crippen LogP contribution is 2.40. The van der Waals surface area contributed by atoms with E-state index in [4.69, 9.17) is 4.74 Å². The summed E-state index contributed by atoms with van der Waals surface area (Å²) in [4.78, 5) is 0. The fourth-order valence-corrected chi connectivity index (χ4v) is 2.42. The third-order valence-corrected chi connectivity index (χ3v) is 2.89. The van der Waals surface area contributed by atoms with Crippen LogP contribution < -0.4 is 0 Å². The first kappa shape index (κ1) is 6.66. The Balaban J connectivity index is 1.90. The molecular weight excluding hydrogens is 124 g/mol. The predicted molar refractivity (Wildman–Crippen MR) is 40.9 cm³/mol. The standard InChI is InChI=1S/C9H16O/c1-2-3-7-6-8-4-5-9(7)10-8/h7-9H,2-6H2,1H3/t7-,8?,9?/m1/s1. The molecule has 2 unspecified atom stereocenters. The van der Waals surface area contributed by atoms with Gasteiger partial charge in [-0.1, -0.05) is 13.3 Å². The van der Waals surface area contributed by atoms with E-state index in [-0.39, 0.29) is 0 Å². The molecule has 0 aromatic heterocycles. The molecule has 2 aliphatic heterocycles. The number of ether oxygens (including phenoxy) is 1. The van der Waals surface area contributed by atoms with Gasteiger partial charge in [0.05, 0.1) is 12.2 Å². The van der Waals surface area contributed by atoms with Crippen molar-refractivity contribution in [1.82, 2.24) is 0 Å². The Morgan fingerprint density at radius 1 is 1.40 bits per heavy atom. The molecule has 10 heavy (non-hydrogen) atoms. The van der Waals surface area contributed by atoms with Gasteiger partial charge in [0.25, 0.3) is 0 Å². The summed E-state index contributed by atoms with van der Waals surface area (Å²) in [5.74, 6) is 0.920. The van der Waals surface area contributed by atoms with Crippen LogP contribution in [0.15, 0.2) is 0 Å². The molecule has 2 heterocycles.